The van der Waals surface area contributed by atoms with E-state index in [2.05, 4.69) is 11.9 Å². The van der Waals surface area contributed by atoms with Crippen LogP contribution in [-0.2, 0) is 19.0 Å². The predicted molar refractivity (Wildman–Crippen MR) is 105 cm³/mol. The van der Waals surface area contributed by atoms with Gasteiger partial charge >= 0.3 is 6.18 Å². The first-order valence-electron chi connectivity index (χ1n) is 9.06. The van der Waals surface area contributed by atoms with Crippen molar-refractivity contribution in [2.75, 3.05) is 6.54 Å². The molecule has 0 saturated heterocycles. The molecule has 0 spiro atoms. The molecule has 3 N–H and O–H groups in total. The summed E-state index contributed by atoms with van der Waals surface area (Å²) < 4.78 is 40.6. The van der Waals surface area contributed by atoms with Gasteiger partial charge in [-0.2, -0.15) is 13.2 Å². The maximum absolute atomic E-state index is 13.5. The number of aryl methyl sites for hydroxylation is 2. The first-order chi connectivity index (χ1) is 12.9. The Morgan fingerprint density at radius 1 is 1.04 bits per heavy atom. The highest BCUT2D eigenvalue weighted by Crippen LogP contribution is 2.42. The van der Waals surface area contributed by atoms with Gasteiger partial charge in [0.1, 0.15) is 0 Å². The molecule has 3 aromatic rings. The molecular formula is C21H22ClF3N2. The van der Waals surface area contributed by atoms with E-state index in [1.54, 1.807) is 0 Å². The van der Waals surface area contributed by atoms with Gasteiger partial charge in [-0.3, -0.25) is 0 Å². The molecule has 0 saturated carbocycles. The van der Waals surface area contributed by atoms with Crippen LogP contribution < -0.4 is 5.73 Å². The number of H-pyrrole nitrogens is 1. The highest BCUT2D eigenvalue weighted by atomic mass is 35.5. The molecule has 0 bridgehead atoms. The lowest BCUT2D eigenvalue weighted by Gasteiger charge is -2.09. The molecule has 27 heavy (non-hydrogen) atoms. The van der Waals surface area contributed by atoms with Gasteiger partial charge in [-0.25, -0.2) is 0 Å². The lowest BCUT2D eigenvalue weighted by Crippen LogP contribution is -2.05. The molecule has 1 aromatic heterocycles. The topological polar surface area (TPSA) is 41.8 Å². The number of hydrogen-bond donors (Lipinski definition) is 2. The number of fused-ring (bicyclic) bond motifs is 1. The van der Waals surface area contributed by atoms with Crippen molar-refractivity contribution in [1.29, 1.82) is 0 Å². The molecule has 0 fully saturated rings. The second-order valence-corrected chi connectivity index (χ2v) is 7.02. The number of unbranched alkanes of at least 4 members (excludes halogenated alkanes) is 1. The third-order valence-electron chi connectivity index (χ3n) is 4.85. The van der Waals surface area contributed by atoms with Gasteiger partial charge in [0.2, 0.25) is 0 Å². The zero-order valence-electron chi connectivity index (χ0n) is 15.1. The van der Waals surface area contributed by atoms with Crippen LogP contribution in [0.4, 0.5) is 13.2 Å². The minimum atomic E-state index is -4.45. The van der Waals surface area contributed by atoms with Gasteiger partial charge < -0.3 is 10.7 Å². The largest absolute Gasteiger partial charge is 0.418 e. The Labute approximate surface area is 161 Å². The number of aromatic amines is 1. The van der Waals surface area contributed by atoms with Crippen LogP contribution in [0.3, 0.4) is 0 Å². The summed E-state index contributed by atoms with van der Waals surface area (Å²) in [6, 6.07) is 10.2. The lowest BCUT2D eigenvalue weighted by atomic mass is 9.98. The minimum Gasteiger partial charge on any atom is -0.354 e. The van der Waals surface area contributed by atoms with Crippen molar-refractivity contribution in [3.05, 3.63) is 58.1 Å². The first-order valence-corrected chi connectivity index (χ1v) is 9.44. The smallest absolute Gasteiger partial charge is 0.354 e. The van der Waals surface area contributed by atoms with Crippen LogP contribution in [0.15, 0.2) is 36.4 Å². The fraction of sp³-hybridized carbons (Fsp3) is 0.333. The number of nitrogens with one attached hydrogen (secondary N) is 1. The molecule has 0 aliphatic heterocycles. The van der Waals surface area contributed by atoms with Crippen LogP contribution in [0.1, 0.15) is 36.5 Å². The van der Waals surface area contributed by atoms with E-state index in [-0.39, 0.29) is 5.52 Å². The zero-order chi connectivity index (χ0) is 19.6. The fourth-order valence-corrected chi connectivity index (χ4v) is 3.68. The average Bonchev–Trinajstić information content (AvgIpc) is 3.01. The lowest BCUT2D eigenvalue weighted by molar-refractivity contribution is -0.136. The van der Waals surface area contributed by atoms with Crippen molar-refractivity contribution in [3.8, 4) is 11.3 Å². The van der Waals surface area contributed by atoms with Gasteiger partial charge in [0.05, 0.1) is 16.1 Å². The average molecular weight is 395 g/mol. The summed E-state index contributed by atoms with van der Waals surface area (Å²) in [5, 5.41) is 0.784. The van der Waals surface area contributed by atoms with E-state index in [4.69, 9.17) is 17.3 Å². The van der Waals surface area contributed by atoms with Gasteiger partial charge in [-0.1, -0.05) is 42.8 Å². The summed E-state index contributed by atoms with van der Waals surface area (Å²) in [5.74, 6) is 0. The maximum Gasteiger partial charge on any atom is 0.418 e. The Hall–Kier alpha value is -1.98. The highest BCUT2D eigenvalue weighted by Gasteiger charge is 2.34. The standard InChI is InChI=1S/C21H22ClF3N2/c1-2-13-6-8-14(9-7-13)19-15(5-3-4-12-26)18-17(22)11-10-16(20(18)27-19)21(23,24)25/h6-11,27H,2-5,12,26H2,1H3. The molecule has 1 heterocycles. The number of rotatable bonds is 6. The Kier molecular flexibility index (Phi) is 5.82. The molecule has 0 aliphatic rings. The van der Waals surface area contributed by atoms with Gasteiger partial charge in [0.25, 0.3) is 0 Å². The molecule has 2 aromatic carbocycles. The van der Waals surface area contributed by atoms with Crippen molar-refractivity contribution >= 4 is 22.5 Å². The zero-order valence-corrected chi connectivity index (χ0v) is 15.8. The Bertz CT molecular complexity index is 927. The SMILES string of the molecule is CCc1ccc(-c2[nH]c3c(C(F)(F)F)ccc(Cl)c3c2CCCCN)cc1. The van der Waals surface area contributed by atoms with E-state index in [9.17, 15) is 13.2 Å². The molecule has 3 rings (SSSR count). The summed E-state index contributed by atoms with van der Waals surface area (Å²) in [7, 11) is 0. The van der Waals surface area contributed by atoms with Crippen molar-refractivity contribution in [1.82, 2.24) is 4.98 Å². The van der Waals surface area contributed by atoms with E-state index in [1.165, 1.54) is 11.6 Å². The molecule has 0 radical (unpaired) electrons. The van der Waals surface area contributed by atoms with E-state index in [0.29, 0.717) is 29.1 Å². The molecule has 0 atom stereocenters. The minimum absolute atomic E-state index is 0.0484. The summed E-state index contributed by atoms with van der Waals surface area (Å²) in [6.07, 6.45) is -1.34. The molecule has 2 nitrogen and oxygen atoms in total. The van der Waals surface area contributed by atoms with Crippen molar-refractivity contribution in [3.63, 3.8) is 0 Å². The van der Waals surface area contributed by atoms with Crippen LogP contribution in [-0.4, -0.2) is 11.5 Å². The number of benzene rings is 2. The summed E-state index contributed by atoms with van der Waals surface area (Å²) >= 11 is 6.33. The van der Waals surface area contributed by atoms with Gasteiger partial charge in [-0.15, -0.1) is 0 Å². The van der Waals surface area contributed by atoms with E-state index >= 15 is 0 Å². The maximum atomic E-state index is 13.5. The number of alkyl halides is 3. The van der Waals surface area contributed by atoms with E-state index < -0.39 is 11.7 Å². The van der Waals surface area contributed by atoms with Crippen LogP contribution >= 0.6 is 11.6 Å². The summed E-state index contributed by atoms with van der Waals surface area (Å²) in [5.41, 5.74) is 8.49. The second-order valence-electron chi connectivity index (χ2n) is 6.62. The summed E-state index contributed by atoms with van der Waals surface area (Å²) in [4.78, 5) is 3.03. The van der Waals surface area contributed by atoms with E-state index in [0.717, 1.165) is 36.5 Å². The molecule has 0 aliphatic carbocycles. The molecule has 0 amide bonds. The third-order valence-corrected chi connectivity index (χ3v) is 5.16. The predicted octanol–water partition coefficient (Wildman–Crippen LogP) is 6.35. The Morgan fingerprint density at radius 2 is 1.74 bits per heavy atom. The number of hydrogen-bond acceptors (Lipinski definition) is 1. The van der Waals surface area contributed by atoms with Crippen molar-refractivity contribution in [2.24, 2.45) is 5.73 Å². The van der Waals surface area contributed by atoms with Crippen molar-refractivity contribution < 1.29 is 13.2 Å². The Balaban J connectivity index is 2.23. The molecule has 0 unspecified atom stereocenters. The normalized spacial score (nSPS) is 12.1. The quantitative estimate of drug-likeness (QED) is 0.470. The van der Waals surface area contributed by atoms with Gasteiger partial charge in [0, 0.05) is 11.1 Å². The van der Waals surface area contributed by atoms with Crippen LogP contribution in [0.2, 0.25) is 5.02 Å². The van der Waals surface area contributed by atoms with Crippen LogP contribution in [0, 0.1) is 0 Å². The second kappa shape index (κ2) is 7.95. The van der Waals surface area contributed by atoms with Crippen molar-refractivity contribution in [2.45, 2.75) is 38.8 Å². The third kappa shape index (κ3) is 3.99. The van der Waals surface area contributed by atoms with Gasteiger partial charge in [-0.05, 0) is 61.1 Å². The monoisotopic (exact) mass is 394 g/mol. The number of nitrogens with two attached hydrogens (primary N) is 1. The first kappa shape index (κ1) is 19.8. The summed E-state index contributed by atoms with van der Waals surface area (Å²) in [6.45, 7) is 2.61. The van der Waals surface area contributed by atoms with Crippen LogP contribution in [0.5, 0.6) is 0 Å². The molecular weight excluding hydrogens is 373 g/mol. The molecule has 6 heteroatoms. The fourth-order valence-electron chi connectivity index (χ4n) is 3.41. The Morgan fingerprint density at radius 3 is 2.33 bits per heavy atom. The number of aromatic nitrogens is 1. The van der Waals surface area contributed by atoms with E-state index in [1.807, 2.05) is 24.3 Å². The highest BCUT2D eigenvalue weighted by molar-refractivity contribution is 6.36. The van der Waals surface area contributed by atoms with Gasteiger partial charge in [0.15, 0.2) is 0 Å². The van der Waals surface area contributed by atoms with Crippen LogP contribution in [0.25, 0.3) is 22.2 Å². The number of halogens is 4. The molecule has 144 valence electrons.